The molecule has 0 radical (unpaired) electrons. The van der Waals surface area contributed by atoms with Crippen LogP contribution in [0.2, 0.25) is 0 Å². The number of carboxylic acids is 1. The first-order chi connectivity index (χ1) is 14.1. The lowest BCUT2D eigenvalue weighted by Gasteiger charge is -2.23. The first-order valence-corrected chi connectivity index (χ1v) is 11.0. The maximum atomic E-state index is 12.9. The molecule has 2 aromatic carbocycles. The number of nitrogens with one attached hydrogen (secondary N) is 1. The van der Waals surface area contributed by atoms with Gasteiger partial charge in [-0.25, -0.2) is 0 Å². The Labute approximate surface area is 187 Å². The van der Waals surface area contributed by atoms with Gasteiger partial charge in [0.15, 0.2) is 6.10 Å². The Balaban J connectivity index is 2.10. The SMILES string of the molecule is CC(C)c1ccc(OC(C(=O)Nc2ccc(C(C)CC(=O)O)cc2)C(C)C)c(Br)c1. The smallest absolute Gasteiger partial charge is 0.303 e. The van der Waals surface area contributed by atoms with Crippen molar-refractivity contribution in [2.75, 3.05) is 5.32 Å². The predicted molar refractivity (Wildman–Crippen MR) is 123 cm³/mol. The standard InChI is InChI=1S/C24H30BrNO4/c1-14(2)18-8-11-21(20(25)13-18)30-23(15(3)4)24(29)26-19-9-6-17(7-10-19)16(5)12-22(27)28/h6-11,13-16,23H,12H2,1-5H3,(H,26,29)(H,27,28). The van der Waals surface area contributed by atoms with Crippen LogP contribution in [0.25, 0.3) is 0 Å². The zero-order chi connectivity index (χ0) is 22.4. The highest BCUT2D eigenvalue weighted by atomic mass is 79.9. The van der Waals surface area contributed by atoms with Gasteiger partial charge in [-0.1, -0.05) is 52.8 Å². The van der Waals surface area contributed by atoms with Crippen LogP contribution in [0.1, 0.15) is 64.0 Å². The molecule has 0 bridgehead atoms. The summed E-state index contributed by atoms with van der Waals surface area (Å²) in [4.78, 5) is 23.8. The van der Waals surface area contributed by atoms with E-state index in [1.54, 1.807) is 12.1 Å². The van der Waals surface area contributed by atoms with E-state index in [0.717, 1.165) is 10.0 Å². The lowest BCUT2D eigenvalue weighted by atomic mass is 9.97. The summed E-state index contributed by atoms with van der Waals surface area (Å²) >= 11 is 3.55. The van der Waals surface area contributed by atoms with Crippen LogP contribution in [0.4, 0.5) is 5.69 Å². The molecule has 0 aliphatic rings. The lowest BCUT2D eigenvalue weighted by molar-refractivity contribution is -0.137. The van der Waals surface area contributed by atoms with Gasteiger partial charge in [-0.2, -0.15) is 0 Å². The zero-order valence-corrected chi connectivity index (χ0v) is 19.7. The number of benzene rings is 2. The molecule has 2 N–H and O–H groups in total. The summed E-state index contributed by atoms with van der Waals surface area (Å²) in [5.41, 5.74) is 2.76. The predicted octanol–water partition coefficient (Wildman–Crippen LogP) is 6.19. The molecule has 0 spiro atoms. The first kappa shape index (κ1) is 23.9. The molecule has 5 nitrogen and oxygen atoms in total. The summed E-state index contributed by atoms with van der Waals surface area (Å²) in [6.45, 7) is 10.0. The summed E-state index contributed by atoms with van der Waals surface area (Å²) in [5, 5.41) is 11.8. The van der Waals surface area contributed by atoms with E-state index in [0.29, 0.717) is 17.4 Å². The molecule has 1 amide bonds. The third-order valence-corrected chi connectivity index (χ3v) is 5.59. The highest BCUT2D eigenvalue weighted by Gasteiger charge is 2.25. The molecule has 0 aliphatic carbocycles. The second-order valence-electron chi connectivity index (χ2n) is 8.24. The van der Waals surface area contributed by atoms with Crippen LogP contribution in [0, 0.1) is 5.92 Å². The Morgan fingerprint density at radius 2 is 1.60 bits per heavy atom. The number of carbonyl (C=O) groups is 2. The molecule has 0 fully saturated rings. The Morgan fingerprint density at radius 3 is 2.10 bits per heavy atom. The average Bonchev–Trinajstić information content (AvgIpc) is 2.66. The van der Waals surface area contributed by atoms with E-state index in [4.69, 9.17) is 9.84 Å². The Kier molecular flexibility index (Phi) is 8.47. The number of hydrogen-bond acceptors (Lipinski definition) is 3. The molecular weight excluding hydrogens is 446 g/mol. The fourth-order valence-electron chi connectivity index (χ4n) is 3.09. The Bertz CT molecular complexity index is 877. The highest BCUT2D eigenvalue weighted by molar-refractivity contribution is 9.10. The maximum absolute atomic E-state index is 12.9. The largest absolute Gasteiger partial charge is 0.481 e. The molecule has 2 atom stereocenters. The van der Waals surface area contributed by atoms with E-state index in [1.807, 2.05) is 51.1 Å². The van der Waals surface area contributed by atoms with Gasteiger partial charge in [0.2, 0.25) is 0 Å². The van der Waals surface area contributed by atoms with E-state index in [2.05, 4.69) is 35.1 Å². The molecule has 2 unspecified atom stereocenters. The van der Waals surface area contributed by atoms with Crippen LogP contribution in [0.5, 0.6) is 5.75 Å². The quantitative estimate of drug-likeness (QED) is 0.452. The van der Waals surface area contributed by atoms with E-state index in [1.165, 1.54) is 5.56 Å². The van der Waals surface area contributed by atoms with Gasteiger partial charge in [0.1, 0.15) is 5.75 Å². The third kappa shape index (κ3) is 6.59. The highest BCUT2D eigenvalue weighted by Crippen LogP contribution is 2.31. The van der Waals surface area contributed by atoms with Gasteiger partial charge in [-0.15, -0.1) is 0 Å². The molecule has 162 valence electrons. The van der Waals surface area contributed by atoms with Crippen molar-refractivity contribution in [3.63, 3.8) is 0 Å². The number of amides is 1. The fraction of sp³-hybridized carbons (Fsp3) is 0.417. The van der Waals surface area contributed by atoms with E-state index >= 15 is 0 Å². The van der Waals surface area contributed by atoms with Crippen molar-refractivity contribution < 1.29 is 19.4 Å². The van der Waals surface area contributed by atoms with Gasteiger partial charge in [-0.3, -0.25) is 9.59 Å². The van der Waals surface area contributed by atoms with Crippen molar-refractivity contribution in [3.05, 3.63) is 58.1 Å². The molecule has 2 aromatic rings. The number of carboxylic acid groups (broad SMARTS) is 1. The van der Waals surface area contributed by atoms with Gasteiger partial charge in [0.05, 0.1) is 10.9 Å². The number of anilines is 1. The van der Waals surface area contributed by atoms with Crippen LogP contribution >= 0.6 is 15.9 Å². The van der Waals surface area contributed by atoms with Gasteiger partial charge in [-0.05, 0) is 69.1 Å². The second-order valence-corrected chi connectivity index (χ2v) is 9.09. The number of aliphatic carboxylic acids is 1. The van der Waals surface area contributed by atoms with E-state index < -0.39 is 12.1 Å². The van der Waals surface area contributed by atoms with Crippen LogP contribution in [-0.2, 0) is 9.59 Å². The minimum Gasteiger partial charge on any atom is -0.481 e. The summed E-state index contributed by atoms with van der Waals surface area (Å²) in [7, 11) is 0. The monoisotopic (exact) mass is 475 g/mol. The molecular formula is C24H30BrNO4. The van der Waals surface area contributed by atoms with Crippen LogP contribution in [0.3, 0.4) is 0 Å². The maximum Gasteiger partial charge on any atom is 0.303 e. The topological polar surface area (TPSA) is 75.6 Å². The van der Waals surface area contributed by atoms with Gasteiger partial charge < -0.3 is 15.2 Å². The van der Waals surface area contributed by atoms with Crippen LogP contribution < -0.4 is 10.1 Å². The third-order valence-electron chi connectivity index (χ3n) is 4.97. The molecule has 0 aromatic heterocycles. The first-order valence-electron chi connectivity index (χ1n) is 10.2. The van der Waals surface area contributed by atoms with Gasteiger partial charge >= 0.3 is 5.97 Å². The summed E-state index contributed by atoms with van der Waals surface area (Å²) < 4.78 is 6.88. The van der Waals surface area contributed by atoms with Crippen LogP contribution in [-0.4, -0.2) is 23.1 Å². The summed E-state index contributed by atoms with van der Waals surface area (Å²) in [6.07, 6.45) is -0.587. The molecule has 30 heavy (non-hydrogen) atoms. The van der Waals surface area contributed by atoms with Crippen molar-refractivity contribution in [1.82, 2.24) is 0 Å². The molecule has 0 aliphatic heterocycles. The van der Waals surface area contributed by atoms with Crippen molar-refractivity contribution >= 4 is 33.5 Å². The van der Waals surface area contributed by atoms with E-state index in [-0.39, 0.29) is 24.2 Å². The van der Waals surface area contributed by atoms with Crippen molar-refractivity contribution in [1.29, 1.82) is 0 Å². The molecule has 2 rings (SSSR count). The van der Waals surface area contributed by atoms with Gasteiger partial charge in [0, 0.05) is 5.69 Å². The Hall–Kier alpha value is -2.34. The van der Waals surface area contributed by atoms with Crippen molar-refractivity contribution in [3.8, 4) is 5.75 Å². The molecule has 6 heteroatoms. The minimum atomic E-state index is -0.829. The summed E-state index contributed by atoms with van der Waals surface area (Å²) in [6, 6.07) is 13.2. The van der Waals surface area contributed by atoms with Gasteiger partial charge in [0.25, 0.3) is 5.91 Å². The summed E-state index contributed by atoms with van der Waals surface area (Å²) in [5.74, 6) is -0.144. The average molecular weight is 476 g/mol. The Morgan fingerprint density at radius 1 is 1.00 bits per heavy atom. The fourth-order valence-corrected chi connectivity index (χ4v) is 3.58. The minimum absolute atomic E-state index is 0.0310. The molecule has 0 saturated heterocycles. The lowest BCUT2D eigenvalue weighted by Crippen LogP contribution is -2.37. The number of halogens is 1. The number of rotatable bonds is 9. The number of ether oxygens (including phenoxy) is 1. The van der Waals surface area contributed by atoms with Crippen molar-refractivity contribution in [2.45, 2.75) is 59.0 Å². The second kappa shape index (κ2) is 10.6. The normalized spacial score (nSPS) is 13.2. The number of carbonyl (C=O) groups excluding carboxylic acids is 1. The zero-order valence-electron chi connectivity index (χ0n) is 18.1. The number of hydrogen-bond donors (Lipinski definition) is 2. The van der Waals surface area contributed by atoms with Crippen molar-refractivity contribution in [2.24, 2.45) is 5.92 Å². The molecule has 0 heterocycles. The van der Waals surface area contributed by atoms with Crippen LogP contribution in [0.15, 0.2) is 46.9 Å². The van der Waals surface area contributed by atoms with E-state index in [9.17, 15) is 9.59 Å². The molecule has 0 saturated carbocycles.